The minimum Gasteiger partial charge on any atom is -0.296 e. The third kappa shape index (κ3) is 3.20. The van der Waals surface area contributed by atoms with Crippen LogP contribution in [0.5, 0.6) is 0 Å². The Balaban J connectivity index is 1.79. The van der Waals surface area contributed by atoms with Crippen LogP contribution in [0.4, 0.5) is 5.13 Å². The van der Waals surface area contributed by atoms with E-state index < -0.39 is 5.91 Å². The smallest absolute Gasteiger partial charge is 0.278 e. The summed E-state index contributed by atoms with van der Waals surface area (Å²) in [5.74, 6) is -0.411. The molecule has 0 fully saturated rings. The third-order valence-electron chi connectivity index (χ3n) is 4.10. The number of rotatable bonds is 3. The van der Waals surface area contributed by atoms with E-state index in [0.717, 1.165) is 10.2 Å². The molecule has 0 unspecified atom stereocenters. The third-order valence-corrected chi connectivity index (χ3v) is 5.27. The first-order valence-electron chi connectivity index (χ1n) is 8.33. The van der Waals surface area contributed by atoms with Crippen molar-refractivity contribution in [2.24, 2.45) is 0 Å². The van der Waals surface area contributed by atoms with Crippen molar-refractivity contribution >= 4 is 55.0 Å². The van der Waals surface area contributed by atoms with Crippen LogP contribution in [-0.4, -0.2) is 20.7 Å². The van der Waals surface area contributed by atoms with Gasteiger partial charge in [-0.05, 0) is 38.1 Å². The monoisotopic (exact) mass is 398 g/mol. The van der Waals surface area contributed by atoms with E-state index in [-0.39, 0.29) is 17.3 Å². The molecular weight excluding hydrogens is 384 g/mol. The van der Waals surface area contributed by atoms with Crippen molar-refractivity contribution in [3.8, 4) is 0 Å². The molecule has 27 heavy (non-hydrogen) atoms. The van der Waals surface area contributed by atoms with Crippen LogP contribution in [0.15, 0.2) is 47.3 Å². The molecule has 4 aromatic rings. The Kier molecular flexibility index (Phi) is 4.41. The van der Waals surface area contributed by atoms with Crippen molar-refractivity contribution in [1.29, 1.82) is 0 Å². The number of amides is 1. The maximum Gasteiger partial charge on any atom is 0.278 e. The van der Waals surface area contributed by atoms with Crippen molar-refractivity contribution < 1.29 is 4.79 Å². The molecule has 0 saturated carbocycles. The molecule has 0 bridgehead atoms. The number of nitrogens with zero attached hydrogens (tertiary/aromatic N) is 3. The van der Waals surface area contributed by atoms with Crippen LogP contribution in [0.2, 0.25) is 5.02 Å². The number of carbonyl (C=O) groups excluding carboxylic acids is 1. The number of aromatic nitrogens is 3. The van der Waals surface area contributed by atoms with Crippen LogP contribution in [0.3, 0.4) is 0 Å². The zero-order valence-electron chi connectivity index (χ0n) is 14.6. The van der Waals surface area contributed by atoms with Gasteiger partial charge in [-0.25, -0.2) is 9.67 Å². The average Bonchev–Trinajstić information content (AvgIpc) is 3.03. The number of anilines is 1. The molecule has 0 aliphatic rings. The Morgan fingerprint density at radius 3 is 2.67 bits per heavy atom. The largest absolute Gasteiger partial charge is 0.296 e. The van der Waals surface area contributed by atoms with Crippen molar-refractivity contribution in [3.05, 3.63) is 63.5 Å². The molecular formula is C19H15ClN4O2S. The number of halogens is 1. The zero-order chi connectivity index (χ0) is 19.1. The second-order valence-electron chi connectivity index (χ2n) is 6.32. The minimum absolute atomic E-state index is 0.168. The lowest BCUT2D eigenvalue weighted by Crippen LogP contribution is -2.28. The molecule has 0 saturated heterocycles. The maximum atomic E-state index is 12.9. The van der Waals surface area contributed by atoms with Gasteiger partial charge in [0, 0.05) is 10.4 Å². The van der Waals surface area contributed by atoms with Crippen LogP contribution in [-0.2, 0) is 0 Å². The van der Waals surface area contributed by atoms with Crippen LogP contribution >= 0.6 is 22.9 Å². The van der Waals surface area contributed by atoms with E-state index in [1.165, 1.54) is 16.0 Å². The van der Waals surface area contributed by atoms with Gasteiger partial charge in [-0.1, -0.05) is 41.1 Å². The van der Waals surface area contributed by atoms with Crippen molar-refractivity contribution in [1.82, 2.24) is 14.8 Å². The van der Waals surface area contributed by atoms with Gasteiger partial charge in [0.1, 0.15) is 0 Å². The minimum atomic E-state index is -0.411. The number of nitrogens with one attached hydrogen (secondary N) is 1. The Morgan fingerprint density at radius 1 is 1.19 bits per heavy atom. The summed E-state index contributed by atoms with van der Waals surface area (Å²) in [6, 6.07) is 12.2. The first-order valence-corrected chi connectivity index (χ1v) is 9.52. The van der Waals surface area contributed by atoms with E-state index in [1.54, 1.807) is 42.5 Å². The van der Waals surface area contributed by atoms with E-state index in [1.807, 2.05) is 13.8 Å². The average molecular weight is 399 g/mol. The molecule has 4 rings (SSSR count). The standard InChI is InChI=1S/C19H15ClN4O2S/c1-10(2)24-18(26)13-6-4-3-5-12(13)16(23-24)17(25)22-19-21-14-8-7-11(20)9-15(14)27-19/h3-10H,1-2H3,(H,21,22,25). The van der Waals surface area contributed by atoms with Gasteiger partial charge in [0.2, 0.25) is 0 Å². The van der Waals surface area contributed by atoms with Crippen molar-refractivity contribution in [2.75, 3.05) is 5.32 Å². The topological polar surface area (TPSA) is 76.9 Å². The van der Waals surface area contributed by atoms with Gasteiger partial charge in [-0.15, -0.1) is 0 Å². The number of carbonyl (C=O) groups is 1. The summed E-state index contributed by atoms with van der Waals surface area (Å²) < 4.78 is 2.21. The summed E-state index contributed by atoms with van der Waals surface area (Å²) >= 11 is 7.34. The SMILES string of the molecule is CC(C)n1nc(C(=O)Nc2nc3ccc(Cl)cc3s2)c2ccccc2c1=O. The van der Waals surface area contributed by atoms with Gasteiger partial charge in [0.25, 0.3) is 11.5 Å². The number of thiazole rings is 1. The lowest BCUT2D eigenvalue weighted by atomic mass is 10.1. The van der Waals surface area contributed by atoms with Gasteiger partial charge in [-0.2, -0.15) is 5.10 Å². The van der Waals surface area contributed by atoms with Crippen molar-refractivity contribution in [2.45, 2.75) is 19.9 Å². The van der Waals surface area contributed by atoms with E-state index in [4.69, 9.17) is 11.6 Å². The fraction of sp³-hybridized carbons (Fsp3) is 0.158. The van der Waals surface area contributed by atoms with E-state index >= 15 is 0 Å². The lowest BCUT2D eigenvalue weighted by Gasteiger charge is -2.12. The number of benzene rings is 2. The molecule has 6 nitrogen and oxygen atoms in total. The molecule has 1 amide bonds. The van der Waals surface area contributed by atoms with Crippen LogP contribution < -0.4 is 10.9 Å². The molecule has 2 aromatic carbocycles. The predicted octanol–water partition coefficient (Wildman–Crippen LogP) is 4.49. The van der Waals surface area contributed by atoms with Crippen LogP contribution in [0, 0.1) is 0 Å². The second-order valence-corrected chi connectivity index (χ2v) is 7.79. The molecule has 8 heteroatoms. The van der Waals surface area contributed by atoms with Gasteiger partial charge in [0.05, 0.1) is 21.6 Å². The Labute approximate surface area is 163 Å². The maximum absolute atomic E-state index is 12.9. The van der Waals surface area contributed by atoms with E-state index in [0.29, 0.717) is 20.9 Å². The summed E-state index contributed by atoms with van der Waals surface area (Å²) in [5, 5.41) is 9.14. The van der Waals surface area contributed by atoms with Gasteiger partial charge in [-0.3, -0.25) is 14.9 Å². The quantitative estimate of drug-likeness (QED) is 0.551. The van der Waals surface area contributed by atoms with Crippen LogP contribution in [0.1, 0.15) is 30.4 Å². The fourth-order valence-corrected chi connectivity index (χ4v) is 3.97. The van der Waals surface area contributed by atoms with E-state index in [2.05, 4.69) is 15.4 Å². The fourth-order valence-electron chi connectivity index (χ4n) is 2.83. The first-order chi connectivity index (χ1) is 12.9. The zero-order valence-corrected chi connectivity index (χ0v) is 16.1. The number of hydrogen-bond acceptors (Lipinski definition) is 5. The highest BCUT2D eigenvalue weighted by atomic mass is 35.5. The van der Waals surface area contributed by atoms with Crippen molar-refractivity contribution in [3.63, 3.8) is 0 Å². The highest BCUT2D eigenvalue weighted by molar-refractivity contribution is 7.22. The molecule has 1 N–H and O–H groups in total. The number of fused-ring (bicyclic) bond motifs is 2. The van der Waals surface area contributed by atoms with Gasteiger partial charge in [0.15, 0.2) is 10.8 Å². The Bertz CT molecular complexity index is 1250. The normalized spacial score (nSPS) is 11.4. The molecule has 2 aromatic heterocycles. The van der Waals surface area contributed by atoms with Gasteiger partial charge < -0.3 is 0 Å². The summed E-state index contributed by atoms with van der Waals surface area (Å²) in [5.41, 5.74) is 0.729. The number of hydrogen-bond donors (Lipinski definition) is 1. The second kappa shape index (κ2) is 6.75. The van der Waals surface area contributed by atoms with E-state index in [9.17, 15) is 9.59 Å². The molecule has 0 aliphatic heterocycles. The first kappa shape index (κ1) is 17.6. The summed E-state index contributed by atoms with van der Waals surface area (Å²) in [7, 11) is 0. The molecule has 0 atom stereocenters. The summed E-state index contributed by atoms with van der Waals surface area (Å²) in [4.78, 5) is 29.9. The molecule has 136 valence electrons. The summed E-state index contributed by atoms with van der Waals surface area (Å²) in [6.07, 6.45) is 0. The highest BCUT2D eigenvalue weighted by Gasteiger charge is 2.19. The Hall–Kier alpha value is -2.77. The molecule has 0 spiro atoms. The lowest BCUT2D eigenvalue weighted by molar-refractivity contribution is 0.102. The molecule has 0 radical (unpaired) electrons. The Morgan fingerprint density at radius 2 is 1.93 bits per heavy atom. The highest BCUT2D eigenvalue weighted by Crippen LogP contribution is 2.28. The molecule has 0 aliphatic carbocycles. The summed E-state index contributed by atoms with van der Waals surface area (Å²) in [6.45, 7) is 3.70. The van der Waals surface area contributed by atoms with Gasteiger partial charge >= 0.3 is 0 Å². The van der Waals surface area contributed by atoms with Crippen LogP contribution in [0.25, 0.3) is 21.0 Å². The predicted molar refractivity (Wildman–Crippen MR) is 109 cm³/mol. The molecule has 2 heterocycles.